The van der Waals surface area contributed by atoms with Crippen LogP contribution in [0, 0.1) is 6.92 Å². The fourth-order valence-electron chi connectivity index (χ4n) is 3.63. The molecule has 168 valence electrons. The van der Waals surface area contributed by atoms with Gasteiger partial charge in [-0.15, -0.1) is 16.1 Å². The topological polar surface area (TPSA) is 94.3 Å². The Morgan fingerprint density at radius 3 is 2.66 bits per heavy atom. The molecule has 0 radical (unpaired) electrons. The number of nitrogens with one attached hydrogen (secondary N) is 1. The van der Waals surface area contributed by atoms with Crippen molar-refractivity contribution in [1.82, 2.24) is 9.71 Å². The molecule has 0 spiro atoms. The Balaban J connectivity index is 1.75. The molecule has 2 heterocycles. The lowest BCUT2D eigenvalue weighted by molar-refractivity contribution is -0.117. The number of carbonyl (C=O) groups is 1. The fraction of sp³-hybridized carbons (Fsp3) is 0.333. The minimum Gasteiger partial charge on any atom is -0.593 e. The second kappa shape index (κ2) is 8.86. The summed E-state index contributed by atoms with van der Waals surface area (Å²) in [5, 5.41) is 0.877. The van der Waals surface area contributed by atoms with Gasteiger partial charge in [-0.05, 0) is 70.0 Å². The van der Waals surface area contributed by atoms with Gasteiger partial charge in [0.05, 0.1) is 27.3 Å². The van der Waals surface area contributed by atoms with E-state index in [-0.39, 0.29) is 11.4 Å². The number of carbonyl (C=O) groups excluding carboxylic acids is 1. The molecular formula is C24H28N4O2S2. The second-order valence-electron chi connectivity index (χ2n) is 9.05. The summed E-state index contributed by atoms with van der Waals surface area (Å²) in [5.41, 5.74) is 10.0. The number of hydrogen-bond acceptors (Lipinski definition) is 6. The minimum absolute atomic E-state index is 0.108. The lowest BCUT2D eigenvalue weighted by Crippen LogP contribution is -2.40. The molecule has 32 heavy (non-hydrogen) atoms. The predicted molar refractivity (Wildman–Crippen MR) is 133 cm³/mol. The van der Waals surface area contributed by atoms with Gasteiger partial charge in [-0.3, -0.25) is 4.79 Å². The van der Waals surface area contributed by atoms with Crippen LogP contribution in [0.3, 0.4) is 0 Å². The zero-order chi connectivity index (χ0) is 23.0. The summed E-state index contributed by atoms with van der Waals surface area (Å²) in [5.74, 6) is 0.108. The average molecular weight is 469 g/mol. The van der Waals surface area contributed by atoms with Crippen LogP contribution in [0.15, 0.2) is 47.5 Å². The number of amides is 1. The highest BCUT2D eigenvalue weighted by atomic mass is 32.2. The minimum atomic E-state index is -1.45. The SMILES string of the molecule is Cc1cc(-c2ncc(-c3ccc(N4CCCC4=O)cc3[S+]([O-])NC(C)(C)C)s2)ccc1N. The summed E-state index contributed by atoms with van der Waals surface area (Å²) in [4.78, 5) is 20.2. The number of nitrogens with zero attached hydrogens (tertiary/aromatic N) is 2. The number of aromatic nitrogens is 1. The van der Waals surface area contributed by atoms with Crippen LogP contribution in [-0.4, -0.2) is 27.5 Å². The highest BCUT2D eigenvalue weighted by Crippen LogP contribution is 2.38. The Labute approximate surface area is 196 Å². The molecule has 6 nitrogen and oxygen atoms in total. The molecule has 4 rings (SSSR count). The molecule has 8 heteroatoms. The molecule has 1 amide bonds. The van der Waals surface area contributed by atoms with Crippen LogP contribution in [0.1, 0.15) is 39.2 Å². The van der Waals surface area contributed by atoms with Crippen molar-refractivity contribution in [2.75, 3.05) is 17.2 Å². The highest BCUT2D eigenvalue weighted by Gasteiger charge is 2.28. The van der Waals surface area contributed by atoms with Gasteiger partial charge >= 0.3 is 0 Å². The molecule has 1 atom stereocenters. The van der Waals surface area contributed by atoms with E-state index in [0.29, 0.717) is 17.9 Å². The van der Waals surface area contributed by atoms with E-state index in [1.54, 1.807) is 16.2 Å². The molecule has 0 saturated carbocycles. The van der Waals surface area contributed by atoms with Crippen molar-refractivity contribution in [3.8, 4) is 21.0 Å². The Kier molecular flexibility index (Phi) is 6.31. The van der Waals surface area contributed by atoms with Crippen LogP contribution in [0.4, 0.5) is 11.4 Å². The maximum absolute atomic E-state index is 13.3. The van der Waals surface area contributed by atoms with Gasteiger partial charge in [0.25, 0.3) is 0 Å². The van der Waals surface area contributed by atoms with Crippen LogP contribution in [0.5, 0.6) is 0 Å². The van der Waals surface area contributed by atoms with Gasteiger partial charge in [0, 0.05) is 42.2 Å². The van der Waals surface area contributed by atoms with Crippen molar-refractivity contribution < 1.29 is 9.35 Å². The van der Waals surface area contributed by atoms with Crippen LogP contribution in [0.25, 0.3) is 21.0 Å². The van der Waals surface area contributed by atoms with Crippen molar-refractivity contribution in [3.63, 3.8) is 0 Å². The molecule has 1 fully saturated rings. The maximum Gasteiger partial charge on any atom is 0.227 e. The third-order valence-corrected chi connectivity index (χ3v) is 7.85. The number of anilines is 2. The molecule has 1 aliphatic rings. The van der Waals surface area contributed by atoms with E-state index in [1.807, 2.05) is 70.3 Å². The smallest absolute Gasteiger partial charge is 0.227 e. The first-order valence-corrected chi connectivity index (χ1v) is 12.6. The van der Waals surface area contributed by atoms with Crippen molar-refractivity contribution in [3.05, 3.63) is 48.2 Å². The van der Waals surface area contributed by atoms with Gasteiger partial charge in [-0.1, -0.05) is 0 Å². The summed E-state index contributed by atoms with van der Waals surface area (Å²) in [6.07, 6.45) is 3.22. The molecule has 1 unspecified atom stereocenters. The summed E-state index contributed by atoms with van der Waals surface area (Å²) < 4.78 is 16.5. The van der Waals surface area contributed by atoms with Gasteiger partial charge < -0.3 is 15.2 Å². The first kappa shape index (κ1) is 22.8. The van der Waals surface area contributed by atoms with Crippen LogP contribution in [-0.2, 0) is 16.2 Å². The highest BCUT2D eigenvalue weighted by molar-refractivity contribution is 7.89. The first-order chi connectivity index (χ1) is 15.1. The number of nitrogens with two attached hydrogens (primary N) is 1. The Hall–Kier alpha value is -2.39. The van der Waals surface area contributed by atoms with E-state index in [4.69, 9.17) is 5.73 Å². The van der Waals surface area contributed by atoms with Gasteiger partial charge in [-0.25, -0.2) is 4.98 Å². The lowest BCUT2D eigenvalue weighted by atomic mass is 10.1. The third-order valence-electron chi connectivity index (χ3n) is 5.24. The van der Waals surface area contributed by atoms with E-state index < -0.39 is 11.4 Å². The van der Waals surface area contributed by atoms with E-state index in [0.717, 1.165) is 44.4 Å². The normalized spacial score (nSPS) is 15.4. The summed E-state index contributed by atoms with van der Waals surface area (Å²) in [7, 11) is 0. The Bertz CT molecular complexity index is 1150. The molecule has 2 aromatic carbocycles. The number of aryl methyl sites for hydroxylation is 1. The van der Waals surface area contributed by atoms with Crippen LogP contribution >= 0.6 is 11.3 Å². The zero-order valence-corrected chi connectivity index (χ0v) is 20.4. The summed E-state index contributed by atoms with van der Waals surface area (Å²) in [6.45, 7) is 8.61. The molecule has 1 saturated heterocycles. The molecule has 0 bridgehead atoms. The van der Waals surface area contributed by atoms with Crippen molar-refractivity contribution in [1.29, 1.82) is 0 Å². The van der Waals surface area contributed by atoms with Crippen molar-refractivity contribution in [2.24, 2.45) is 0 Å². The number of nitrogen functional groups attached to an aromatic ring is 1. The monoisotopic (exact) mass is 468 g/mol. The molecular weight excluding hydrogens is 440 g/mol. The Morgan fingerprint density at radius 1 is 1.22 bits per heavy atom. The first-order valence-electron chi connectivity index (χ1n) is 10.6. The molecule has 3 aromatic rings. The third kappa shape index (κ3) is 4.83. The van der Waals surface area contributed by atoms with Gasteiger partial charge in [0.2, 0.25) is 5.91 Å². The number of rotatable bonds is 5. The lowest BCUT2D eigenvalue weighted by Gasteiger charge is -2.24. The summed E-state index contributed by atoms with van der Waals surface area (Å²) in [6, 6.07) is 11.6. The number of thiazole rings is 1. The molecule has 3 N–H and O–H groups in total. The van der Waals surface area contributed by atoms with Gasteiger partial charge in [0.1, 0.15) is 5.01 Å². The van der Waals surface area contributed by atoms with E-state index in [1.165, 1.54) is 0 Å². The molecule has 1 aliphatic heterocycles. The van der Waals surface area contributed by atoms with Gasteiger partial charge in [0.15, 0.2) is 4.90 Å². The molecule has 0 aliphatic carbocycles. The van der Waals surface area contributed by atoms with Crippen LogP contribution < -0.4 is 15.4 Å². The number of benzene rings is 2. The largest absolute Gasteiger partial charge is 0.593 e. The van der Waals surface area contributed by atoms with E-state index in [2.05, 4.69) is 9.71 Å². The van der Waals surface area contributed by atoms with E-state index >= 15 is 0 Å². The fourth-order valence-corrected chi connectivity index (χ4v) is 5.92. The number of hydrogen-bond donors (Lipinski definition) is 2. The second-order valence-corrected chi connectivity index (χ2v) is 11.3. The van der Waals surface area contributed by atoms with E-state index in [9.17, 15) is 9.35 Å². The zero-order valence-electron chi connectivity index (χ0n) is 18.8. The standard InChI is InChI=1S/C24H28N4O2S2/c1-15-12-16(7-10-19(15)25)23-26-14-20(31-23)18-9-8-17(28-11-5-6-22(28)29)13-21(18)32(30)27-24(2,3)4/h7-10,12-14,27H,5-6,11,25H2,1-4H3. The van der Waals surface area contributed by atoms with Crippen molar-refractivity contribution >= 4 is 40.0 Å². The van der Waals surface area contributed by atoms with Crippen LogP contribution in [0.2, 0.25) is 0 Å². The van der Waals surface area contributed by atoms with Crippen molar-refractivity contribution in [2.45, 2.75) is 51.0 Å². The predicted octanol–water partition coefficient (Wildman–Crippen LogP) is 4.91. The Morgan fingerprint density at radius 2 is 2.00 bits per heavy atom. The average Bonchev–Trinajstić information content (AvgIpc) is 3.37. The quantitative estimate of drug-likeness (QED) is 0.410. The maximum atomic E-state index is 13.3. The summed E-state index contributed by atoms with van der Waals surface area (Å²) >= 11 is 0.0930. The van der Waals surface area contributed by atoms with Gasteiger partial charge in [-0.2, -0.15) is 0 Å². The molecule has 1 aromatic heterocycles.